The monoisotopic (exact) mass is 389 g/mol. The molecule has 0 saturated heterocycles. The summed E-state index contributed by atoms with van der Waals surface area (Å²) in [6.45, 7) is 4.09. The molecule has 0 N–H and O–H groups in total. The van der Waals surface area contributed by atoms with Gasteiger partial charge in [-0.15, -0.1) is 0 Å². The number of hydrogen-bond donors (Lipinski definition) is 0. The standard InChI is InChI=1S/C10H11Br2Cl2NO/c1-3-5(2)15-7(8(16)10(13)14)4-6(11)9(15)12/h4-5,10H,3H2,1-2H3. The molecule has 0 saturated carbocycles. The third-order valence-corrected chi connectivity index (χ3v) is 4.76. The number of hydrogen-bond acceptors (Lipinski definition) is 1. The van der Waals surface area contributed by atoms with Crippen LogP contribution >= 0.6 is 55.1 Å². The molecule has 0 amide bonds. The van der Waals surface area contributed by atoms with Crippen molar-refractivity contribution in [3.8, 4) is 0 Å². The Hall–Kier alpha value is 0.490. The number of carbonyl (C=O) groups excluding carboxylic acids is 1. The molecule has 0 aromatic carbocycles. The third-order valence-electron chi connectivity index (χ3n) is 2.41. The van der Waals surface area contributed by atoms with Crippen molar-refractivity contribution in [2.24, 2.45) is 0 Å². The quantitative estimate of drug-likeness (QED) is 0.524. The van der Waals surface area contributed by atoms with Gasteiger partial charge in [0.05, 0.1) is 14.8 Å². The van der Waals surface area contributed by atoms with Gasteiger partial charge in [-0.05, 0) is 51.3 Å². The Morgan fingerprint density at radius 2 is 2.06 bits per heavy atom. The van der Waals surface area contributed by atoms with E-state index in [1.165, 1.54) is 0 Å². The molecule has 1 heterocycles. The Kier molecular flexibility index (Phi) is 5.36. The van der Waals surface area contributed by atoms with E-state index >= 15 is 0 Å². The molecule has 0 radical (unpaired) electrons. The van der Waals surface area contributed by atoms with Crippen molar-refractivity contribution in [2.45, 2.75) is 31.1 Å². The predicted octanol–water partition coefficient (Wildman–Crippen LogP) is 4.97. The SMILES string of the molecule is CCC(C)n1c(C(=O)C(Cl)Cl)cc(Br)c1Br. The fraction of sp³-hybridized carbons (Fsp3) is 0.500. The summed E-state index contributed by atoms with van der Waals surface area (Å²) < 4.78 is 3.55. The van der Waals surface area contributed by atoms with Gasteiger partial charge in [0.15, 0.2) is 4.84 Å². The lowest BCUT2D eigenvalue weighted by Crippen LogP contribution is -2.17. The molecule has 2 nitrogen and oxygen atoms in total. The van der Waals surface area contributed by atoms with E-state index in [2.05, 4.69) is 38.8 Å². The first-order chi connectivity index (χ1) is 7.40. The number of ketones is 1. The Balaban J connectivity index is 3.28. The van der Waals surface area contributed by atoms with Gasteiger partial charge < -0.3 is 4.57 Å². The first-order valence-corrected chi connectivity index (χ1v) is 7.24. The van der Waals surface area contributed by atoms with Crippen LogP contribution in [0.15, 0.2) is 15.1 Å². The van der Waals surface area contributed by atoms with Gasteiger partial charge in [0.25, 0.3) is 0 Å². The van der Waals surface area contributed by atoms with Crippen LogP contribution in [-0.4, -0.2) is 15.2 Å². The van der Waals surface area contributed by atoms with Gasteiger partial charge in [0.2, 0.25) is 5.78 Å². The van der Waals surface area contributed by atoms with Crippen LogP contribution in [0.5, 0.6) is 0 Å². The molecule has 0 aliphatic heterocycles. The van der Waals surface area contributed by atoms with Crippen LogP contribution in [-0.2, 0) is 0 Å². The van der Waals surface area contributed by atoms with E-state index in [9.17, 15) is 4.79 Å². The summed E-state index contributed by atoms with van der Waals surface area (Å²) in [5, 5.41) is 0. The van der Waals surface area contributed by atoms with Crippen LogP contribution in [0, 0.1) is 0 Å². The minimum Gasteiger partial charge on any atom is -0.329 e. The number of aromatic nitrogens is 1. The molecule has 90 valence electrons. The minimum absolute atomic E-state index is 0.201. The number of nitrogens with zero attached hydrogens (tertiary/aromatic N) is 1. The van der Waals surface area contributed by atoms with Crippen molar-refractivity contribution in [2.75, 3.05) is 0 Å². The highest BCUT2D eigenvalue weighted by Gasteiger charge is 2.24. The van der Waals surface area contributed by atoms with E-state index in [-0.39, 0.29) is 11.8 Å². The molecule has 1 rings (SSSR count). The molecule has 0 aliphatic rings. The molecule has 6 heteroatoms. The van der Waals surface area contributed by atoms with E-state index < -0.39 is 4.84 Å². The van der Waals surface area contributed by atoms with Crippen molar-refractivity contribution < 1.29 is 4.79 Å². The predicted molar refractivity (Wildman–Crippen MR) is 74.7 cm³/mol. The average molecular weight is 392 g/mol. The van der Waals surface area contributed by atoms with E-state index in [0.717, 1.165) is 15.5 Å². The molecule has 1 unspecified atom stereocenters. The Bertz CT molecular complexity index is 404. The lowest BCUT2D eigenvalue weighted by atomic mass is 10.2. The maximum absolute atomic E-state index is 11.8. The average Bonchev–Trinajstić information content (AvgIpc) is 2.53. The number of alkyl halides is 2. The zero-order valence-corrected chi connectivity index (χ0v) is 13.5. The Labute approximate surface area is 122 Å². The fourth-order valence-corrected chi connectivity index (χ4v) is 2.67. The molecule has 1 aromatic heterocycles. The van der Waals surface area contributed by atoms with Gasteiger partial charge in [-0.25, -0.2) is 0 Å². The second-order valence-electron chi connectivity index (χ2n) is 3.46. The molecule has 0 fully saturated rings. The van der Waals surface area contributed by atoms with Crippen molar-refractivity contribution in [1.82, 2.24) is 4.57 Å². The molecule has 0 bridgehead atoms. The third kappa shape index (κ3) is 2.84. The minimum atomic E-state index is -1.03. The summed E-state index contributed by atoms with van der Waals surface area (Å²) in [7, 11) is 0. The normalized spacial score (nSPS) is 13.2. The van der Waals surface area contributed by atoms with E-state index in [4.69, 9.17) is 23.2 Å². The second kappa shape index (κ2) is 5.89. The highest BCUT2D eigenvalue weighted by atomic mass is 79.9. The fourth-order valence-electron chi connectivity index (χ4n) is 1.39. The molecule has 0 aliphatic carbocycles. The van der Waals surface area contributed by atoms with E-state index in [1.54, 1.807) is 6.07 Å². The Morgan fingerprint density at radius 3 is 2.50 bits per heavy atom. The Morgan fingerprint density at radius 1 is 1.50 bits per heavy atom. The topological polar surface area (TPSA) is 22.0 Å². The summed E-state index contributed by atoms with van der Waals surface area (Å²) in [6, 6.07) is 1.93. The zero-order valence-electron chi connectivity index (χ0n) is 8.81. The number of rotatable bonds is 4. The smallest absolute Gasteiger partial charge is 0.212 e. The maximum Gasteiger partial charge on any atom is 0.212 e. The maximum atomic E-state index is 11.8. The largest absolute Gasteiger partial charge is 0.329 e. The van der Waals surface area contributed by atoms with Crippen LogP contribution in [0.2, 0.25) is 0 Å². The summed E-state index contributed by atoms with van der Waals surface area (Å²) in [5.41, 5.74) is 0.517. The number of Topliss-reactive ketones (excluding diaryl/α,β-unsaturated/α-hetero) is 1. The molecule has 1 aromatic rings. The highest BCUT2D eigenvalue weighted by Crippen LogP contribution is 2.32. The highest BCUT2D eigenvalue weighted by molar-refractivity contribution is 9.13. The van der Waals surface area contributed by atoms with Crippen molar-refractivity contribution in [3.63, 3.8) is 0 Å². The van der Waals surface area contributed by atoms with Gasteiger partial charge in [0, 0.05) is 6.04 Å². The van der Waals surface area contributed by atoms with Gasteiger partial charge in [0.1, 0.15) is 0 Å². The lowest BCUT2D eigenvalue weighted by molar-refractivity contribution is 0.0996. The molecule has 16 heavy (non-hydrogen) atoms. The second-order valence-corrected chi connectivity index (χ2v) is 6.16. The lowest BCUT2D eigenvalue weighted by Gasteiger charge is -2.16. The van der Waals surface area contributed by atoms with Gasteiger partial charge in [-0.2, -0.15) is 0 Å². The van der Waals surface area contributed by atoms with Crippen molar-refractivity contribution in [3.05, 3.63) is 20.8 Å². The summed E-state index contributed by atoms with van der Waals surface area (Å²) in [5.74, 6) is -0.282. The van der Waals surface area contributed by atoms with Crippen LogP contribution < -0.4 is 0 Å². The van der Waals surface area contributed by atoms with Crippen LogP contribution in [0.1, 0.15) is 36.8 Å². The number of carbonyl (C=O) groups is 1. The number of halogens is 4. The summed E-state index contributed by atoms with van der Waals surface area (Å²) in [4.78, 5) is 10.8. The molecule has 0 spiro atoms. The van der Waals surface area contributed by atoms with Crippen LogP contribution in [0.4, 0.5) is 0 Å². The molecular weight excluding hydrogens is 381 g/mol. The van der Waals surface area contributed by atoms with Crippen LogP contribution in [0.25, 0.3) is 0 Å². The summed E-state index contributed by atoms with van der Waals surface area (Å²) in [6.07, 6.45) is 0.912. The molecular formula is C10H11Br2Cl2NO. The first-order valence-electron chi connectivity index (χ1n) is 4.78. The van der Waals surface area contributed by atoms with Crippen molar-refractivity contribution in [1.29, 1.82) is 0 Å². The van der Waals surface area contributed by atoms with Gasteiger partial charge >= 0.3 is 0 Å². The first kappa shape index (κ1) is 14.6. The van der Waals surface area contributed by atoms with Gasteiger partial charge in [-0.3, -0.25) is 4.79 Å². The van der Waals surface area contributed by atoms with E-state index in [1.807, 2.05) is 11.5 Å². The summed E-state index contributed by atoms with van der Waals surface area (Å²) >= 11 is 18.0. The molecule has 1 atom stereocenters. The van der Waals surface area contributed by atoms with Crippen LogP contribution in [0.3, 0.4) is 0 Å². The van der Waals surface area contributed by atoms with E-state index in [0.29, 0.717) is 5.69 Å². The van der Waals surface area contributed by atoms with Gasteiger partial charge in [-0.1, -0.05) is 30.1 Å². The zero-order chi connectivity index (χ0) is 12.5. The van der Waals surface area contributed by atoms with Crippen molar-refractivity contribution >= 4 is 60.8 Å².